The van der Waals surface area contributed by atoms with E-state index in [2.05, 4.69) is 51.3 Å². The van der Waals surface area contributed by atoms with Crippen LogP contribution in [0.25, 0.3) is 0 Å². The fraction of sp³-hybridized carbons (Fsp3) is 0.750. The number of piperazine rings is 1. The van der Waals surface area contributed by atoms with Crippen molar-refractivity contribution in [2.24, 2.45) is 0 Å². The van der Waals surface area contributed by atoms with Crippen LogP contribution in [0.4, 0.5) is 5.82 Å². The van der Waals surface area contributed by atoms with Crippen LogP contribution in [0.3, 0.4) is 0 Å². The molecule has 1 N–H and O–H groups in total. The van der Waals surface area contributed by atoms with Crippen LogP contribution in [-0.4, -0.2) is 53.4 Å². The first-order valence-electron chi connectivity index (χ1n) is 8.27. The summed E-state index contributed by atoms with van der Waals surface area (Å²) in [6, 6.07) is 5.43. The van der Waals surface area contributed by atoms with Crippen LogP contribution in [0, 0.1) is 0 Å². The molecule has 2 aliphatic heterocycles. The molecular formula is C16H27N5. The minimum absolute atomic E-state index is 0.478. The summed E-state index contributed by atoms with van der Waals surface area (Å²) in [7, 11) is 0. The van der Waals surface area contributed by atoms with E-state index in [0.29, 0.717) is 6.04 Å². The van der Waals surface area contributed by atoms with Gasteiger partial charge in [0.05, 0.1) is 5.69 Å². The molecule has 0 aliphatic carbocycles. The minimum atomic E-state index is 0.478. The lowest BCUT2D eigenvalue weighted by atomic mass is 9.99. The van der Waals surface area contributed by atoms with Crippen molar-refractivity contribution in [2.75, 3.05) is 31.1 Å². The predicted octanol–water partition coefficient (Wildman–Crippen LogP) is 1.65. The zero-order valence-corrected chi connectivity index (χ0v) is 13.3. The summed E-state index contributed by atoms with van der Waals surface area (Å²) in [6.07, 6.45) is 4.08. The Balaban J connectivity index is 1.59. The van der Waals surface area contributed by atoms with E-state index >= 15 is 0 Å². The summed E-state index contributed by atoms with van der Waals surface area (Å²) in [5.74, 6) is 1.04. The largest absolute Gasteiger partial charge is 0.352 e. The smallest absolute Gasteiger partial charge is 0.151 e. The average Bonchev–Trinajstić information content (AvgIpc) is 2.53. The van der Waals surface area contributed by atoms with Gasteiger partial charge in [0, 0.05) is 38.3 Å². The Labute approximate surface area is 127 Å². The second-order valence-electron chi connectivity index (χ2n) is 6.55. The number of aromatic nitrogens is 2. The zero-order valence-electron chi connectivity index (χ0n) is 13.3. The van der Waals surface area contributed by atoms with Crippen LogP contribution < -0.4 is 10.2 Å². The quantitative estimate of drug-likeness (QED) is 0.913. The molecule has 1 aromatic heterocycles. The second-order valence-corrected chi connectivity index (χ2v) is 6.55. The van der Waals surface area contributed by atoms with Gasteiger partial charge in [-0.15, -0.1) is 5.10 Å². The number of nitrogens with zero attached hydrogens (tertiary/aromatic N) is 4. The SMILES string of the molecule is CC(C)NCc1ccc(N2CCN3CCCCC3C2)nn1. The highest BCUT2D eigenvalue weighted by molar-refractivity contribution is 5.38. The monoisotopic (exact) mass is 289 g/mol. The van der Waals surface area contributed by atoms with Crippen LogP contribution in [0.5, 0.6) is 0 Å². The molecule has 1 aromatic rings. The van der Waals surface area contributed by atoms with Crippen molar-refractivity contribution in [3.8, 4) is 0 Å². The minimum Gasteiger partial charge on any atom is -0.352 e. The third-order valence-corrected chi connectivity index (χ3v) is 4.56. The highest BCUT2D eigenvalue weighted by Crippen LogP contribution is 2.23. The molecule has 3 heterocycles. The number of piperidine rings is 1. The molecule has 2 fully saturated rings. The predicted molar refractivity (Wildman–Crippen MR) is 85.4 cm³/mol. The second kappa shape index (κ2) is 6.71. The van der Waals surface area contributed by atoms with Gasteiger partial charge in [-0.05, 0) is 31.5 Å². The molecule has 2 aliphatic rings. The summed E-state index contributed by atoms with van der Waals surface area (Å²) in [5, 5.41) is 12.2. The summed E-state index contributed by atoms with van der Waals surface area (Å²) in [6.45, 7) is 9.72. The Morgan fingerprint density at radius 2 is 2.10 bits per heavy atom. The van der Waals surface area contributed by atoms with Gasteiger partial charge in [-0.3, -0.25) is 4.90 Å². The van der Waals surface area contributed by atoms with Crippen LogP contribution in [0.2, 0.25) is 0 Å². The number of hydrogen-bond donors (Lipinski definition) is 1. The Bertz CT molecular complexity index is 444. The standard InChI is InChI=1S/C16H27N5/c1-13(2)17-11-14-6-7-16(19-18-14)21-10-9-20-8-4-3-5-15(20)12-21/h6-7,13,15,17H,3-5,8-12H2,1-2H3. The highest BCUT2D eigenvalue weighted by atomic mass is 15.3. The van der Waals surface area contributed by atoms with Gasteiger partial charge in [0.1, 0.15) is 0 Å². The summed E-state index contributed by atoms with van der Waals surface area (Å²) in [5.41, 5.74) is 1.02. The molecule has 0 aromatic carbocycles. The van der Waals surface area contributed by atoms with Gasteiger partial charge in [-0.2, -0.15) is 5.10 Å². The van der Waals surface area contributed by atoms with Crippen molar-refractivity contribution in [1.82, 2.24) is 20.4 Å². The van der Waals surface area contributed by atoms with Gasteiger partial charge >= 0.3 is 0 Å². The molecule has 1 unspecified atom stereocenters. The lowest BCUT2D eigenvalue weighted by Crippen LogP contribution is -2.55. The van der Waals surface area contributed by atoms with Crippen LogP contribution in [0.15, 0.2) is 12.1 Å². The maximum atomic E-state index is 4.44. The summed E-state index contributed by atoms with van der Waals surface area (Å²) in [4.78, 5) is 5.05. The van der Waals surface area contributed by atoms with Crippen molar-refractivity contribution < 1.29 is 0 Å². The third kappa shape index (κ3) is 3.71. The third-order valence-electron chi connectivity index (χ3n) is 4.56. The van der Waals surface area contributed by atoms with Crippen LogP contribution in [-0.2, 0) is 6.54 Å². The van der Waals surface area contributed by atoms with Crippen molar-refractivity contribution in [2.45, 2.75) is 51.7 Å². The number of nitrogens with one attached hydrogen (secondary N) is 1. The number of hydrogen-bond acceptors (Lipinski definition) is 5. The maximum absolute atomic E-state index is 4.44. The van der Waals surface area contributed by atoms with E-state index in [1.54, 1.807) is 0 Å². The Kier molecular flexibility index (Phi) is 4.70. The maximum Gasteiger partial charge on any atom is 0.151 e. The number of rotatable bonds is 4. The van der Waals surface area contributed by atoms with Crippen molar-refractivity contribution in [3.05, 3.63) is 17.8 Å². The highest BCUT2D eigenvalue weighted by Gasteiger charge is 2.29. The lowest BCUT2D eigenvalue weighted by molar-refractivity contribution is 0.133. The van der Waals surface area contributed by atoms with Crippen molar-refractivity contribution >= 4 is 5.82 Å². The molecule has 5 nitrogen and oxygen atoms in total. The van der Waals surface area contributed by atoms with E-state index in [0.717, 1.165) is 37.2 Å². The summed E-state index contributed by atoms with van der Waals surface area (Å²) >= 11 is 0. The first-order valence-corrected chi connectivity index (χ1v) is 8.27. The summed E-state index contributed by atoms with van der Waals surface area (Å²) < 4.78 is 0. The number of anilines is 1. The molecule has 0 bridgehead atoms. The molecule has 0 saturated carbocycles. The van der Waals surface area contributed by atoms with E-state index in [9.17, 15) is 0 Å². The zero-order chi connectivity index (χ0) is 14.7. The Morgan fingerprint density at radius 3 is 2.86 bits per heavy atom. The molecule has 0 radical (unpaired) electrons. The molecule has 3 rings (SSSR count). The average molecular weight is 289 g/mol. The molecule has 5 heteroatoms. The molecular weight excluding hydrogens is 262 g/mol. The first kappa shape index (κ1) is 14.7. The first-order chi connectivity index (χ1) is 10.2. The molecule has 1 atom stereocenters. The Morgan fingerprint density at radius 1 is 1.19 bits per heavy atom. The van der Waals surface area contributed by atoms with Gasteiger partial charge in [0.25, 0.3) is 0 Å². The number of fused-ring (bicyclic) bond motifs is 1. The fourth-order valence-corrected chi connectivity index (χ4v) is 3.29. The molecule has 116 valence electrons. The molecule has 2 saturated heterocycles. The van der Waals surface area contributed by atoms with Crippen molar-refractivity contribution in [1.29, 1.82) is 0 Å². The van der Waals surface area contributed by atoms with Crippen LogP contribution >= 0.6 is 0 Å². The van der Waals surface area contributed by atoms with E-state index in [-0.39, 0.29) is 0 Å². The van der Waals surface area contributed by atoms with E-state index in [1.165, 1.54) is 32.4 Å². The normalized spacial score (nSPS) is 23.4. The molecule has 0 amide bonds. The van der Waals surface area contributed by atoms with Crippen molar-refractivity contribution in [3.63, 3.8) is 0 Å². The van der Waals surface area contributed by atoms with Gasteiger partial charge in [-0.25, -0.2) is 0 Å². The van der Waals surface area contributed by atoms with E-state index < -0.39 is 0 Å². The Hall–Kier alpha value is -1.20. The van der Waals surface area contributed by atoms with Gasteiger partial charge in [0.15, 0.2) is 5.82 Å². The van der Waals surface area contributed by atoms with E-state index in [4.69, 9.17) is 0 Å². The topological polar surface area (TPSA) is 44.3 Å². The fourth-order valence-electron chi connectivity index (χ4n) is 3.29. The van der Waals surface area contributed by atoms with Gasteiger partial charge < -0.3 is 10.2 Å². The van der Waals surface area contributed by atoms with Crippen LogP contribution in [0.1, 0.15) is 38.8 Å². The van der Waals surface area contributed by atoms with E-state index in [1.807, 2.05) is 0 Å². The lowest BCUT2D eigenvalue weighted by Gasteiger charge is -2.44. The molecule has 0 spiro atoms. The molecule has 21 heavy (non-hydrogen) atoms. The van der Waals surface area contributed by atoms with Gasteiger partial charge in [0.2, 0.25) is 0 Å². The van der Waals surface area contributed by atoms with Gasteiger partial charge in [-0.1, -0.05) is 20.3 Å².